The summed E-state index contributed by atoms with van der Waals surface area (Å²) in [4.78, 5) is 24.4. The van der Waals surface area contributed by atoms with Gasteiger partial charge in [0.05, 0.1) is 25.4 Å². The summed E-state index contributed by atoms with van der Waals surface area (Å²) in [6.07, 6.45) is 51.4. The molecule has 0 aromatic heterocycles. The Balaban J connectivity index is 3.56. The van der Waals surface area contributed by atoms with E-state index >= 15 is 0 Å². The Morgan fingerprint density at radius 2 is 0.873 bits per heavy atom. The van der Waals surface area contributed by atoms with Crippen LogP contribution in [0, 0.1) is 0 Å². The maximum absolute atomic E-state index is 12.4. The molecule has 0 aliphatic rings. The first-order valence-electron chi connectivity index (χ1n) is 24.1. The molecule has 0 heterocycles. The van der Waals surface area contributed by atoms with Crippen molar-refractivity contribution in [1.82, 2.24) is 5.32 Å². The predicted octanol–water partition coefficient (Wildman–Crippen LogP) is 14.0. The SMILES string of the molecule is CCCCCCC/C=C\CCCCCCCC(=O)OCCCCCC/C=C\CCCC(=O)NC(CO)C(O)CCCCCCCCCCCCCCCCC. The molecule has 3 N–H and O–H groups in total. The molecular formula is C49H93NO5. The lowest BCUT2D eigenvalue weighted by atomic mass is 10.0. The lowest BCUT2D eigenvalue weighted by molar-refractivity contribution is -0.143. The second kappa shape index (κ2) is 45.0. The zero-order valence-electron chi connectivity index (χ0n) is 36.7. The number of aliphatic hydroxyl groups is 2. The lowest BCUT2D eigenvalue weighted by Gasteiger charge is -2.22. The van der Waals surface area contributed by atoms with Crippen LogP contribution in [0.5, 0.6) is 0 Å². The number of ether oxygens (including phenoxy) is 1. The number of carbonyl (C=O) groups excluding carboxylic acids is 2. The number of unbranched alkanes of at least 4 members (excludes halogenated alkanes) is 29. The fourth-order valence-electron chi connectivity index (χ4n) is 7.22. The van der Waals surface area contributed by atoms with Crippen molar-refractivity contribution in [1.29, 1.82) is 0 Å². The van der Waals surface area contributed by atoms with E-state index in [-0.39, 0.29) is 18.5 Å². The number of hydrogen-bond donors (Lipinski definition) is 3. The molecule has 0 aliphatic carbocycles. The summed E-state index contributed by atoms with van der Waals surface area (Å²) >= 11 is 0. The summed E-state index contributed by atoms with van der Waals surface area (Å²) in [5.41, 5.74) is 0. The van der Waals surface area contributed by atoms with Gasteiger partial charge in [0, 0.05) is 12.8 Å². The number of nitrogens with one attached hydrogen (secondary N) is 1. The summed E-state index contributed by atoms with van der Waals surface area (Å²) in [6.45, 7) is 4.84. The van der Waals surface area contributed by atoms with Crippen LogP contribution in [0.25, 0.3) is 0 Å². The molecule has 0 aliphatic heterocycles. The minimum Gasteiger partial charge on any atom is -0.466 e. The van der Waals surface area contributed by atoms with Gasteiger partial charge in [-0.2, -0.15) is 0 Å². The molecule has 0 bridgehead atoms. The van der Waals surface area contributed by atoms with Gasteiger partial charge in [-0.15, -0.1) is 0 Å². The van der Waals surface area contributed by atoms with E-state index in [1.807, 2.05) is 0 Å². The topological polar surface area (TPSA) is 95.9 Å². The van der Waals surface area contributed by atoms with Gasteiger partial charge in [0.15, 0.2) is 0 Å². The van der Waals surface area contributed by atoms with Gasteiger partial charge in [0.1, 0.15) is 0 Å². The number of allylic oxidation sites excluding steroid dienone is 4. The Kier molecular flexibility index (Phi) is 43.7. The molecule has 2 unspecified atom stereocenters. The van der Waals surface area contributed by atoms with Crippen molar-refractivity contribution >= 4 is 11.9 Å². The third-order valence-corrected chi connectivity index (χ3v) is 11.0. The van der Waals surface area contributed by atoms with Gasteiger partial charge in [-0.3, -0.25) is 9.59 Å². The van der Waals surface area contributed by atoms with Crippen molar-refractivity contribution in [3.63, 3.8) is 0 Å². The first-order chi connectivity index (χ1) is 27.0. The summed E-state index contributed by atoms with van der Waals surface area (Å²) in [6, 6.07) is -0.578. The van der Waals surface area contributed by atoms with Gasteiger partial charge < -0.3 is 20.3 Å². The highest BCUT2D eigenvalue weighted by Gasteiger charge is 2.20. The molecule has 0 aromatic carbocycles. The molecule has 0 fully saturated rings. The highest BCUT2D eigenvalue weighted by Crippen LogP contribution is 2.15. The minimum absolute atomic E-state index is 0.0445. The Bertz CT molecular complexity index is 858. The molecule has 0 saturated heterocycles. The molecule has 324 valence electrons. The smallest absolute Gasteiger partial charge is 0.305 e. The highest BCUT2D eigenvalue weighted by atomic mass is 16.5. The first-order valence-corrected chi connectivity index (χ1v) is 24.1. The lowest BCUT2D eigenvalue weighted by Crippen LogP contribution is -2.45. The summed E-state index contributed by atoms with van der Waals surface area (Å²) in [7, 11) is 0. The third-order valence-electron chi connectivity index (χ3n) is 11.0. The molecule has 2 atom stereocenters. The van der Waals surface area contributed by atoms with Gasteiger partial charge in [0.25, 0.3) is 0 Å². The Hall–Kier alpha value is -1.66. The van der Waals surface area contributed by atoms with Gasteiger partial charge in [0.2, 0.25) is 5.91 Å². The van der Waals surface area contributed by atoms with E-state index in [0.29, 0.717) is 25.9 Å². The van der Waals surface area contributed by atoms with E-state index in [2.05, 4.69) is 43.5 Å². The quantitative estimate of drug-likeness (QED) is 0.0325. The van der Waals surface area contributed by atoms with E-state index < -0.39 is 12.1 Å². The zero-order chi connectivity index (χ0) is 40.1. The second-order valence-electron chi connectivity index (χ2n) is 16.4. The van der Waals surface area contributed by atoms with E-state index in [1.165, 1.54) is 148 Å². The van der Waals surface area contributed by atoms with E-state index in [1.54, 1.807) is 0 Å². The van der Waals surface area contributed by atoms with Gasteiger partial charge >= 0.3 is 5.97 Å². The molecule has 0 aromatic rings. The van der Waals surface area contributed by atoms with Crippen molar-refractivity contribution in [3.05, 3.63) is 24.3 Å². The van der Waals surface area contributed by atoms with Crippen LogP contribution >= 0.6 is 0 Å². The number of amides is 1. The van der Waals surface area contributed by atoms with Crippen molar-refractivity contribution in [2.24, 2.45) is 0 Å². The van der Waals surface area contributed by atoms with Crippen LogP contribution in [0.2, 0.25) is 0 Å². The number of aliphatic hydroxyl groups excluding tert-OH is 2. The van der Waals surface area contributed by atoms with Crippen LogP contribution in [-0.4, -0.2) is 47.4 Å². The van der Waals surface area contributed by atoms with E-state index in [0.717, 1.165) is 70.6 Å². The van der Waals surface area contributed by atoms with Crippen LogP contribution in [0.15, 0.2) is 24.3 Å². The molecule has 6 nitrogen and oxygen atoms in total. The zero-order valence-corrected chi connectivity index (χ0v) is 36.7. The average molecular weight is 776 g/mol. The Morgan fingerprint density at radius 3 is 1.33 bits per heavy atom. The molecule has 55 heavy (non-hydrogen) atoms. The van der Waals surface area contributed by atoms with Gasteiger partial charge in [-0.1, -0.05) is 192 Å². The average Bonchev–Trinajstić information content (AvgIpc) is 3.18. The maximum atomic E-state index is 12.4. The fraction of sp³-hybridized carbons (Fsp3) is 0.878. The number of hydrogen-bond acceptors (Lipinski definition) is 5. The highest BCUT2D eigenvalue weighted by molar-refractivity contribution is 5.76. The monoisotopic (exact) mass is 776 g/mol. The number of rotatable bonds is 44. The maximum Gasteiger partial charge on any atom is 0.305 e. The molecule has 1 amide bonds. The van der Waals surface area contributed by atoms with Crippen LogP contribution in [0.4, 0.5) is 0 Å². The second-order valence-corrected chi connectivity index (χ2v) is 16.4. The first kappa shape index (κ1) is 53.3. The van der Waals surface area contributed by atoms with E-state index in [9.17, 15) is 19.8 Å². The summed E-state index contributed by atoms with van der Waals surface area (Å²) in [5, 5.41) is 23.1. The van der Waals surface area contributed by atoms with Crippen molar-refractivity contribution in [3.8, 4) is 0 Å². The molecule has 0 spiro atoms. The van der Waals surface area contributed by atoms with Gasteiger partial charge in [-0.05, 0) is 70.6 Å². The number of carbonyl (C=O) groups is 2. The van der Waals surface area contributed by atoms with Gasteiger partial charge in [-0.25, -0.2) is 0 Å². The van der Waals surface area contributed by atoms with Crippen molar-refractivity contribution in [2.45, 2.75) is 264 Å². The van der Waals surface area contributed by atoms with Crippen LogP contribution in [0.1, 0.15) is 251 Å². The standard InChI is InChI=1S/C49H93NO5/c1-3-5-7-9-11-13-15-17-19-20-22-25-29-33-37-41-47(52)46(45-51)50-48(53)42-38-34-30-26-24-28-32-36-40-44-55-49(54)43-39-35-31-27-23-21-18-16-14-12-10-8-6-4-2/h16,18,26,30,46-47,51-52H,3-15,17,19-25,27-29,31-45H2,1-2H3,(H,50,53)/b18-16-,30-26-. The molecule has 0 saturated carbocycles. The summed E-state index contributed by atoms with van der Waals surface area (Å²) in [5.74, 6) is -0.141. The summed E-state index contributed by atoms with van der Waals surface area (Å²) < 4.78 is 5.42. The molecule has 0 radical (unpaired) electrons. The normalized spacial score (nSPS) is 12.9. The molecule has 6 heteroatoms. The van der Waals surface area contributed by atoms with Crippen LogP contribution in [-0.2, 0) is 14.3 Å². The van der Waals surface area contributed by atoms with Crippen LogP contribution < -0.4 is 5.32 Å². The fourth-order valence-corrected chi connectivity index (χ4v) is 7.22. The number of esters is 1. The minimum atomic E-state index is -0.694. The Morgan fingerprint density at radius 1 is 0.491 bits per heavy atom. The molecule has 0 rings (SSSR count). The largest absolute Gasteiger partial charge is 0.466 e. The Labute approximate surface area is 341 Å². The predicted molar refractivity (Wildman–Crippen MR) is 236 cm³/mol. The third kappa shape index (κ3) is 41.8. The molecular weight excluding hydrogens is 683 g/mol. The van der Waals surface area contributed by atoms with Crippen molar-refractivity contribution in [2.75, 3.05) is 13.2 Å². The van der Waals surface area contributed by atoms with Crippen LogP contribution in [0.3, 0.4) is 0 Å². The van der Waals surface area contributed by atoms with Crippen molar-refractivity contribution < 1.29 is 24.5 Å². The van der Waals surface area contributed by atoms with E-state index in [4.69, 9.17) is 4.74 Å².